The van der Waals surface area contributed by atoms with Crippen LogP contribution in [0.15, 0.2) is 146 Å². The summed E-state index contributed by atoms with van der Waals surface area (Å²) < 4.78 is 4.88. The lowest BCUT2D eigenvalue weighted by molar-refractivity contribution is 1.24. The molecule has 4 heteroatoms. The molecule has 0 radical (unpaired) electrons. The number of fused-ring (bicyclic) bond motifs is 18. The Labute approximate surface area is 272 Å². The van der Waals surface area contributed by atoms with E-state index in [4.69, 9.17) is 9.97 Å². The van der Waals surface area contributed by atoms with Crippen LogP contribution in [-0.4, -0.2) is 18.8 Å². The van der Waals surface area contributed by atoms with Crippen LogP contribution in [0, 0.1) is 0 Å². The van der Waals surface area contributed by atoms with Crippen LogP contribution in [0.25, 0.3) is 109 Å². The van der Waals surface area contributed by atoms with Gasteiger partial charge in [-0.25, -0.2) is 9.97 Å². The highest BCUT2D eigenvalue weighted by atomic mass is 15.0. The first-order valence-corrected chi connectivity index (χ1v) is 16.4. The molecule has 12 rings (SSSR count). The van der Waals surface area contributed by atoms with Gasteiger partial charge in [-0.3, -0.25) is 4.40 Å². The van der Waals surface area contributed by atoms with E-state index in [1.165, 1.54) is 64.9 Å². The van der Waals surface area contributed by atoms with Gasteiger partial charge in [0.2, 0.25) is 0 Å². The maximum atomic E-state index is 5.49. The van der Waals surface area contributed by atoms with E-state index in [9.17, 15) is 0 Å². The van der Waals surface area contributed by atoms with Crippen molar-refractivity contribution in [1.29, 1.82) is 0 Å². The molecule has 12 aromatic rings. The van der Waals surface area contributed by atoms with E-state index in [2.05, 4.69) is 148 Å². The molecule has 4 nitrogen and oxygen atoms in total. The zero-order chi connectivity index (χ0) is 31.1. The highest BCUT2D eigenvalue weighted by molar-refractivity contribution is 6.30. The molecule has 0 spiro atoms. The van der Waals surface area contributed by atoms with Gasteiger partial charge in [0.05, 0.1) is 38.6 Å². The van der Waals surface area contributed by atoms with Crippen LogP contribution in [0.2, 0.25) is 0 Å². The normalized spacial score (nSPS) is 12.6. The molecule has 0 atom stereocenters. The quantitative estimate of drug-likeness (QED) is 0.161. The Bertz CT molecular complexity index is 3400. The largest absolute Gasteiger partial charge is 0.306 e. The van der Waals surface area contributed by atoms with E-state index in [0.717, 1.165) is 44.1 Å². The minimum absolute atomic E-state index is 0.856. The lowest BCUT2D eigenvalue weighted by atomic mass is 9.93. The Hall–Kier alpha value is -6.52. The molecule has 0 N–H and O–H groups in total. The number of aromatic nitrogens is 4. The summed E-state index contributed by atoms with van der Waals surface area (Å²) in [5, 5.41) is 13.4. The Morgan fingerprint density at radius 3 is 1.40 bits per heavy atom. The summed E-state index contributed by atoms with van der Waals surface area (Å²) in [5.41, 5.74) is 9.28. The van der Waals surface area contributed by atoms with Gasteiger partial charge in [-0.1, -0.05) is 109 Å². The van der Waals surface area contributed by atoms with Gasteiger partial charge in [-0.05, 0) is 68.7 Å². The van der Waals surface area contributed by atoms with Gasteiger partial charge >= 0.3 is 0 Å². The Morgan fingerprint density at radius 1 is 0.312 bits per heavy atom. The van der Waals surface area contributed by atoms with Crippen LogP contribution in [-0.2, 0) is 0 Å². The lowest BCUT2D eigenvalue weighted by Crippen LogP contribution is -1.98. The first-order valence-electron chi connectivity index (χ1n) is 16.4. The van der Waals surface area contributed by atoms with Crippen LogP contribution < -0.4 is 0 Å². The Kier molecular flexibility index (Phi) is 4.44. The summed E-state index contributed by atoms with van der Waals surface area (Å²) in [6.45, 7) is 0. The molecule has 4 aromatic heterocycles. The summed E-state index contributed by atoms with van der Waals surface area (Å²) in [6.07, 6.45) is 0. The first-order chi connectivity index (χ1) is 23.8. The fourth-order valence-electron chi connectivity index (χ4n) is 8.61. The smallest absolute Gasteiger partial charge is 0.165 e. The van der Waals surface area contributed by atoms with Crippen molar-refractivity contribution in [2.45, 2.75) is 0 Å². The van der Waals surface area contributed by atoms with Crippen molar-refractivity contribution in [3.8, 4) is 0 Å². The number of benzene rings is 8. The van der Waals surface area contributed by atoms with Gasteiger partial charge in [-0.2, -0.15) is 0 Å². The van der Waals surface area contributed by atoms with Crippen molar-refractivity contribution >= 4 is 109 Å². The second kappa shape index (κ2) is 8.64. The molecule has 0 amide bonds. The third-order valence-corrected chi connectivity index (χ3v) is 10.6. The third-order valence-electron chi connectivity index (χ3n) is 10.6. The molecule has 0 fully saturated rings. The number of hydrogen-bond donors (Lipinski definition) is 0. The fraction of sp³-hybridized carbons (Fsp3) is 0. The van der Waals surface area contributed by atoms with E-state index in [1.54, 1.807) is 0 Å². The van der Waals surface area contributed by atoms with Crippen molar-refractivity contribution in [3.63, 3.8) is 0 Å². The van der Waals surface area contributed by atoms with Gasteiger partial charge in [0, 0.05) is 26.9 Å². The molecule has 220 valence electrons. The predicted molar refractivity (Wildman–Crippen MR) is 201 cm³/mol. The molecule has 4 heterocycles. The summed E-state index contributed by atoms with van der Waals surface area (Å²) >= 11 is 0. The Morgan fingerprint density at radius 2 is 0.771 bits per heavy atom. The van der Waals surface area contributed by atoms with Crippen molar-refractivity contribution in [1.82, 2.24) is 18.8 Å². The van der Waals surface area contributed by atoms with Gasteiger partial charge < -0.3 is 4.40 Å². The van der Waals surface area contributed by atoms with Crippen molar-refractivity contribution in [3.05, 3.63) is 146 Å². The monoisotopic (exact) mass is 608 g/mol. The Balaban J connectivity index is 1.52. The number of rotatable bonds is 0. The zero-order valence-electron chi connectivity index (χ0n) is 25.6. The van der Waals surface area contributed by atoms with E-state index >= 15 is 0 Å². The molecule has 48 heavy (non-hydrogen) atoms. The number of hydrogen-bond acceptors (Lipinski definition) is 2. The molecule has 0 saturated heterocycles. The number of para-hydroxylation sites is 4. The molecule has 0 aliphatic rings. The standard InChI is InChI=1S/C44H24N4/c1-3-13-27-25(11-1)26-12-2-4-14-28(26)34-24-40-35(23-33(27)34)41-44(46-37-18-8-7-17-36(37)45-41)48-39-20-10-6-16-30(39)32-22-21-31-29-15-5-9-19-38(29)47(40)42(31)43(32)48/h1-24H. The maximum absolute atomic E-state index is 5.49. The highest BCUT2D eigenvalue weighted by Crippen LogP contribution is 2.43. The molecule has 0 unspecified atom stereocenters. The van der Waals surface area contributed by atoms with E-state index in [0.29, 0.717) is 0 Å². The highest BCUT2D eigenvalue weighted by Gasteiger charge is 2.22. The van der Waals surface area contributed by atoms with Crippen LogP contribution in [0.5, 0.6) is 0 Å². The van der Waals surface area contributed by atoms with Crippen LogP contribution >= 0.6 is 0 Å². The zero-order valence-corrected chi connectivity index (χ0v) is 25.6. The van der Waals surface area contributed by atoms with E-state index in [-0.39, 0.29) is 0 Å². The molecule has 0 aliphatic heterocycles. The van der Waals surface area contributed by atoms with Gasteiger partial charge in [0.25, 0.3) is 0 Å². The average Bonchev–Trinajstić information content (AvgIpc) is 3.66. The van der Waals surface area contributed by atoms with Crippen LogP contribution in [0.4, 0.5) is 0 Å². The minimum atomic E-state index is 0.856. The predicted octanol–water partition coefficient (Wildman–Crippen LogP) is 11.4. The topological polar surface area (TPSA) is 34.6 Å². The number of nitrogens with zero attached hydrogens (tertiary/aromatic N) is 4. The van der Waals surface area contributed by atoms with Crippen molar-refractivity contribution < 1.29 is 0 Å². The third kappa shape index (κ3) is 2.92. The minimum Gasteiger partial charge on any atom is -0.306 e. The second-order valence-electron chi connectivity index (χ2n) is 13.0. The van der Waals surface area contributed by atoms with Gasteiger partial charge in [0.1, 0.15) is 5.52 Å². The van der Waals surface area contributed by atoms with E-state index in [1.807, 2.05) is 6.07 Å². The second-order valence-corrected chi connectivity index (χ2v) is 13.0. The van der Waals surface area contributed by atoms with Crippen molar-refractivity contribution in [2.24, 2.45) is 0 Å². The van der Waals surface area contributed by atoms with E-state index < -0.39 is 0 Å². The average molecular weight is 609 g/mol. The van der Waals surface area contributed by atoms with Gasteiger partial charge in [0.15, 0.2) is 5.65 Å². The molecular formula is C44H24N4. The van der Waals surface area contributed by atoms with Gasteiger partial charge in [-0.15, -0.1) is 0 Å². The summed E-state index contributed by atoms with van der Waals surface area (Å²) in [5.74, 6) is 0. The summed E-state index contributed by atoms with van der Waals surface area (Å²) in [4.78, 5) is 10.9. The lowest BCUT2D eigenvalue weighted by Gasteiger charge is -2.14. The molecule has 0 bridgehead atoms. The molecule has 0 saturated carbocycles. The summed E-state index contributed by atoms with van der Waals surface area (Å²) in [7, 11) is 0. The first kappa shape index (κ1) is 24.7. The molecular weight excluding hydrogens is 585 g/mol. The SMILES string of the molecule is c1ccc2nc3c(nc2c1)c1cc2c4ccccc4c4ccccc4c2cc1n1c2ccccc2c2ccc4c5ccccc5n3c4c21. The van der Waals surface area contributed by atoms with Crippen molar-refractivity contribution in [2.75, 3.05) is 0 Å². The summed E-state index contributed by atoms with van der Waals surface area (Å²) in [6, 6.07) is 52.8. The van der Waals surface area contributed by atoms with Crippen LogP contribution in [0.3, 0.4) is 0 Å². The molecule has 0 aliphatic carbocycles. The van der Waals surface area contributed by atoms with Crippen LogP contribution in [0.1, 0.15) is 0 Å². The fourth-order valence-corrected chi connectivity index (χ4v) is 8.61. The maximum Gasteiger partial charge on any atom is 0.165 e. The molecule has 8 aromatic carbocycles.